The minimum absolute atomic E-state index is 0.160. The van der Waals surface area contributed by atoms with Crippen LogP contribution >= 0.6 is 11.6 Å². The van der Waals surface area contributed by atoms with Crippen LogP contribution in [0.2, 0.25) is 0 Å². The molecule has 0 N–H and O–H groups in total. The number of methoxy groups -OCH3 is 2. The highest BCUT2D eigenvalue weighted by atomic mass is 35.5. The van der Waals surface area contributed by atoms with Crippen molar-refractivity contribution >= 4 is 11.6 Å². The Morgan fingerprint density at radius 2 is 1.71 bits per heavy atom. The van der Waals surface area contributed by atoms with Crippen LogP contribution in [0, 0.1) is 0 Å². The van der Waals surface area contributed by atoms with Gasteiger partial charge >= 0.3 is 0 Å². The molecule has 0 aliphatic rings. The molecule has 0 saturated carbocycles. The summed E-state index contributed by atoms with van der Waals surface area (Å²) in [6.07, 6.45) is 0.395. The van der Waals surface area contributed by atoms with Crippen molar-refractivity contribution in [2.45, 2.75) is 18.1 Å². The molecule has 0 amide bonds. The molecule has 0 aliphatic heterocycles. The molecule has 78 valence electrons. The fourth-order valence-electron chi connectivity index (χ4n) is 1.33. The van der Waals surface area contributed by atoms with E-state index in [2.05, 4.69) is 0 Å². The molecule has 1 aromatic rings. The van der Waals surface area contributed by atoms with E-state index in [1.165, 1.54) is 5.56 Å². The van der Waals surface area contributed by atoms with E-state index < -0.39 is 0 Å². The van der Waals surface area contributed by atoms with E-state index in [-0.39, 0.29) is 11.7 Å². The molecule has 1 rings (SSSR count). The van der Waals surface area contributed by atoms with Crippen molar-refractivity contribution in [1.82, 2.24) is 0 Å². The number of hydrogen-bond donors (Lipinski definition) is 0. The van der Waals surface area contributed by atoms with Gasteiger partial charge in [-0.25, -0.2) is 0 Å². The van der Waals surface area contributed by atoms with E-state index in [0.29, 0.717) is 0 Å². The van der Waals surface area contributed by atoms with Crippen molar-refractivity contribution in [2.24, 2.45) is 0 Å². The number of ether oxygens (including phenoxy) is 2. The average molecular weight is 215 g/mol. The van der Waals surface area contributed by atoms with Crippen LogP contribution < -0.4 is 0 Å². The Balaban J connectivity index is 2.52. The van der Waals surface area contributed by atoms with Crippen LogP contribution in [0.5, 0.6) is 0 Å². The Kier molecular flexibility index (Phi) is 4.94. The topological polar surface area (TPSA) is 18.5 Å². The summed E-state index contributed by atoms with van der Waals surface area (Å²) in [7, 11) is 3.18. The molecule has 2 nitrogen and oxygen atoms in total. The lowest BCUT2D eigenvalue weighted by Crippen LogP contribution is -2.27. The Morgan fingerprint density at radius 1 is 1.14 bits per heavy atom. The summed E-state index contributed by atoms with van der Waals surface area (Å²) >= 11 is 6.13. The molecule has 0 heterocycles. The molecule has 1 aromatic carbocycles. The van der Waals surface area contributed by atoms with Crippen molar-refractivity contribution in [2.75, 3.05) is 14.2 Å². The second-order valence-electron chi connectivity index (χ2n) is 3.05. The Hall–Kier alpha value is -0.570. The summed E-state index contributed by atoms with van der Waals surface area (Å²) in [5.74, 6) is 0. The first-order valence-corrected chi connectivity index (χ1v) is 4.95. The standard InChI is InChI=1S/C11H15ClO2/c1-13-11(14-2)10(12)8-9-6-4-3-5-7-9/h3-7,10-11H,8H2,1-2H3. The molecule has 0 saturated heterocycles. The summed E-state index contributed by atoms with van der Waals surface area (Å²) in [4.78, 5) is 0. The Morgan fingerprint density at radius 3 is 2.21 bits per heavy atom. The van der Waals surface area contributed by atoms with Gasteiger partial charge in [-0.2, -0.15) is 0 Å². The number of alkyl halides is 1. The lowest BCUT2D eigenvalue weighted by atomic mass is 10.1. The normalized spacial score (nSPS) is 13.1. The monoisotopic (exact) mass is 214 g/mol. The first-order valence-electron chi connectivity index (χ1n) is 4.51. The lowest BCUT2D eigenvalue weighted by molar-refractivity contribution is -0.103. The number of hydrogen-bond acceptors (Lipinski definition) is 2. The van der Waals surface area contributed by atoms with E-state index in [4.69, 9.17) is 21.1 Å². The third kappa shape index (κ3) is 3.29. The average Bonchev–Trinajstić information content (AvgIpc) is 2.21. The van der Waals surface area contributed by atoms with Gasteiger partial charge in [0.05, 0.1) is 5.38 Å². The number of halogens is 1. The van der Waals surface area contributed by atoms with Gasteiger partial charge in [0.25, 0.3) is 0 Å². The predicted octanol–water partition coefficient (Wildman–Crippen LogP) is 2.46. The molecule has 3 heteroatoms. The van der Waals surface area contributed by atoms with Gasteiger partial charge in [0.15, 0.2) is 6.29 Å². The Labute approximate surface area is 89.8 Å². The molecule has 0 aliphatic carbocycles. The summed E-state index contributed by atoms with van der Waals surface area (Å²) in [5, 5.41) is -0.160. The van der Waals surface area contributed by atoms with Crippen LogP contribution in [0.1, 0.15) is 5.56 Å². The van der Waals surface area contributed by atoms with E-state index in [1.807, 2.05) is 30.3 Å². The molecule has 0 aromatic heterocycles. The van der Waals surface area contributed by atoms with Gasteiger partial charge in [-0.1, -0.05) is 30.3 Å². The molecule has 0 radical (unpaired) electrons. The maximum Gasteiger partial charge on any atom is 0.173 e. The van der Waals surface area contributed by atoms with E-state index in [0.717, 1.165) is 6.42 Å². The minimum Gasteiger partial charge on any atom is -0.354 e. The van der Waals surface area contributed by atoms with Crippen LogP contribution in [0.25, 0.3) is 0 Å². The molecule has 14 heavy (non-hydrogen) atoms. The molecule has 1 atom stereocenters. The van der Waals surface area contributed by atoms with Gasteiger partial charge in [-0.3, -0.25) is 0 Å². The van der Waals surface area contributed by atoms with Gasteiger partial charge < -0.3 is 9.47 Å². The summed E-state index contributed by atoms with van der Waals surface area (Å²) in [6, 6.07) is 10.0. The van der Waals surface area contributed by atoms with Gasteiger partial charge in [0, 0.05) is 14.2 Å². The van der Waals surface area contributed by atoms with Crippen molar-refractivity contribution in [3.63, 3.8) is 0 Å². The van der Waals surface area contributed by atoms with Crippen molar-refractivity contribution in [1.29, 1.82) is 0 Å². The number of benzene rings is 1. The van der Waals surface area contributed by atoms with E-state index >= 15 is 0 Å². The third-order valence-electron chi connectivity index (χ3n) is 2.03. The molecular formula is C11H15ClO2. The maximum atomic E-state index is 6.13. The highest BCUT2D eigenvalue weighted by Crippen LogP contribution is 2.13. The molecular weight excluding hydrogens is 200 g/mol. The van der Waals surface area contributed by atoms with Gasteiger partial charge in [0.1, 0.15) is 0 Å². The summed E-state index contributed by atoms with van der Waals surface area (Å²) in [6.45, 7) is 0. The van der Waals surface area contributed by atoms with E-state index in [9.17, 15) is 0 Å². The zero-order chi connectivity index (χ0) is 10.4. The second kappa shape index (κ2) is 6.02. The predicted molar refractivity (Wildman–Crippen MR) is 57.6 cm³/mol. The summed E-state index contributed by atoms with van der Waals surface area (Å²) < 4.78 is 10.2. The summed E-state index contributed by atoms with van der Waals surface area (Å²) in [5.41, 5.74) is 1.19. The van der Waals surface area contributed by atoms with Crippen LogP contribution in [-0.2, 0) is 15.9 Å². The van der Waals surface area contributed by atoms with Crippen molar-refractivity contribution in [3.05, 3.63) is 35.9 Å². The van der Waals surface area contributed by atoms with E-state index in [1.54, 1.807) is 14.2 Å². The minimum atomic E-state index is -0.350. The molecule has 0 fully saturated rings. The smallest absolute Gasteiger partial charge is 0.173 e. The zero-order valence-corrected chi connectivity index (χ0v) is 9.20. The zero-order valence-electron chi connectivity index (χ0n) is 8.44. The third-order valence-corrected chi connectivity index (χ3v) is 2.39. The van der Waals surface area contributed by atoms with Crippen LogP contribution in [0.3, 0.4) is 0 Å². The van der Waals surface area contributed by atoms with Crippen LogP contribution in [-0.4, -0.2) is 25.9 Å². The highest BCUT2D eigenvalue weighted by Gasteiger charge is 2.18. The fourth-order valence-corrected chi connectivity index (χ4v) is 1.71. The van der Waals surface area contributed by atoms with Gasteiger partial charge in [-0.05, 0) is 12.0 Å². The largest absolute Gasteiger partial charge is 0.354 e. The van der Waals surface area contributed by atoms with Crippen molar-refractivity contribution < 1.29 is 9.47 Å². The molecule has 1 unspecified atom stereocenters. The number of rotatable bonds is 5. The first kappa shape index (κ1) is 11.5. The SMILES string of the molecule is COC(OC)C(Cl)Cc1ccccc1. The second-order valence-corrected chi connectivity index (χ2v) is 3.61. The fraction of sp³-hybridized carbons (Fsp3) is 0.455. The lowest BCUT2D eigenvalue weighted by Gasteiger charge is -2.19. The van der Waals surface area contributed by atoms with Crippen LogP contribution in [0.15, 0.2) is 30.3 Å². The quantitative estimate of drug-likeness (QED) is 0.554. The molecule has 0 spiro atoms. The van der Waals surface area contributed by atoms with Crippen molar-refractivity contribution in [3.8, 4) is 0 Å². The first-order chi connectivity index (χ1) is 6.77. The van der Waals surface area contributed by atoms with Gasteiger partial charge in [-0.15, -0.1) is 11.6 Å². The Bertz CT molecular complexity index is 247. The highest BCUT2D eigenvalue weighted by molar-refractivity contribution is 6.21. The van der Waals surface area contributed by atoms with Crippen LogP contribution in [0.4, 0.5) is 0 Å². The molecule has 0 bridgehead atoms. The van der Waals surface area contributed by atoms with Gasteiger partial charge in [0.2, 0.25) is 0 Å². The maximum absolute atomic E-state index is 6.13.